The molecular formula is C11H18F3NO4S. The molecule has 118 valence electrons. The molecular weight excluding hydrogens is 299 g/mol. The first-order valence-corrected chi connectivity index (χ1v) is 7.79. The topological polar surface area (TPSA) is 72.5 Å². The van der Waals surface area contributed by atoms with Crippen LogP contribution in [-0.4, -0.2) is 39.5 Å². The number of sulfonamides is 1. The Kier molecular flexibility index (Phi) is 5.07. The van der Waals surface area contributed by atoms with E-state index in [1.165, 1.54) is 14.0 Å². The lowest BCUT2D eigenvalue weighted by Crippen LogP contribution is -2.48. The minimum absolute atomic E-state index is 0.140. The number of hydrogen-bond acceptors (Lipinski definition) is 4. The van der Waals surface area contributed by atoms with Crippen LogP contribution >= 0.6 is 0 Å². The van der Waals surface area contributed by atoms with Crippen molar-refractivity contribution in [3.8, 4) is 0 Å². The Hall–Kier alpha value is -0.830. The lowest BCUT2D eigenvalue weighted by molar-refractivity contribution is -0.251. The highest BCUT2D eigenvalue weighted by molar-refractivity contribution is 7.90. The minimum atomic E-state index is -4.49. The van der Waals surface area contributed by atoms with E-state index in [4.69, 9.17) is 4.74 Å². The molecule has 0 aromatic rings. The van der Waals surface area contributed by atoms with Gasteiger partial charge in [0.2, 0.25) is 15.9 Å². The molecule has 0 aromatic heterocycles. The van der Waals surface area contributed by atoms with Crippen molar-refractivity contribution in [2.45, 2.75) is 44.9 Å². The molecule has 0 heterocycles. The first-order valence-electron chi connectivity index (χ1n) is 6.14. The van der Waals surface area contributed by atoms with Crippen LogP contribution in [0.15, 0.2) is 0 Å². The third kappa shape index (κ3) is 4.08. The van der Waals surface area contributed by atoms with Gasteiger partial charge in [-0.3, -0.25) is 9.52 Å². The van der Waals surface area contributed by atoms with Crippen LogP contribution < -0.4 is 4.72 Å². The predicted octanol–water partition coefficient (Wildman–Crippen LogP) is 1.59. The highest BCUT2D eigenvalue weighted by Crippen LogP contribution is 2.55. The van der Waals surface area contributed by atoms with E-state index in [-0.39, 0.29) is 12.8 Å². The van der Waals surface area contributed by atoms with Crippen LogP contribution in [0.4, 0.5) is 13.2 Å². The second kappa shape index (κ2) is 5.88. The van der Waals surface area contributed by atoms with Crippen molar-refractivity contribution in [3.63, 3.8) is 0 Å². The summed E-state index contributed by atoms with van der Waals surface area (Å²) in [7, 11) is -2.69. The van der Waals surface area contributed by atoms with Gasteiger partial charge in [0.1, 0.15) is 0 Å². The molecule has 0 aromatic carbocycles. The average Bonchev–Trinajstić information content (AvgIpc) is 2.19. The van der Waals surface area contributed by atoms with Crippen LogP contribution in [0.1, 0.15) is 32.6 Å². The Morgan fingerprint density at radius 1 is 1.40 bits per heavy atom. The van der Waals surface area contributed by atoms with Gasteiger partial charge in [0.25, 0.3) is 0 Å². The molecule has 1 amide bonds. The highest BCUT2D eigenvalue weighted by atomic mass is 32.2. The smallest absolute Gasteiger partial charge is 0.381 e. The molecule has 1 fully saturated rings. The van der Waals surface area contributed by atoms with Crippen LogP contribution in [0.5, 0.6) is 0 Å². The molecule has 0 spiro atoms. The standard InChI is InChI=1S/C11H18F3NO4S/c1-8(19-2)7-20(17,18)15-9(16)6-10(4-3-5-10)11(12,13)14/h8H,3-7H2,1-2H3,(H,15,16). The molecule has 5 nitrogen and oxygen atoms in total. The van der Waals surface area contributed by atoms with Crippen LogP contribution in [0.2, 0.25) is 0 Å². The third-order valence-corrected chi connectivity index (χ3v) is 4.98. The number of alkyl halides is 3. The van der Waals surface area contributed by atoms with Gasteiger partial charge in [-0.15, -0.1) is 0 Å². The fraction of sp³-hybridized carbons (Fsp3) is 0.909. The Bertz CT molecular complexity index is 457. The summed E-state index contributed by atoms with van der Waals surface area (Å²) < 4.78 is 68.1. The fourth-order valence-corrected chi connectivity index (χ4v) is 3.36. The molecule has 0 saturated heterocycles. The summed E-state index contributed by atoms with van der Waals surface area (Å²) in [6, 6.07) is 0. The number of rotatable bonds is 6. The van der Waals surface area contributed by atoms with Crippen molar-refractivity contribution in [2.24, 2.45) is 5.41 Å². The molecule has 1 unspecified atom stereocenters. The number of nitrogens with one attached hydrogen (secondary N) is 1. The fourth-order valence-electron chi connectivity index (χ4n) is 2.10. The highest BCUT2D eigenvalue weighted by Gasteiger charge is 2.59. The lowest BCUT2D eigenvalue weighted by Gasteiger charge is -2.42. The zero-order valence-electron chi connectivity index (χ0n) is 11.3. The molecule has 0 radical (unpaired) electrons. The van der Waals surface area contributed by atoms with Gasteiger partial charge >= 0.3 is 6.18 Å². The summed E-state index contributed by atoms with van der Waals surface area (Å²) in [6.07, 6.45) is -5.89. The predicted molar refractivity (Wildman–Crippen MR) is 65.4 cm³/mol. The Morgan fingerprint density at radius 3 is 2.30 bits per heavy atom. The summed E-state index contributed by atoms with van der Waals surface area (Å²) in [5.41, 5.74) is -2.07. The quantitative estimate of drug-likeness (QED) is 0.807. The van der Waals surface area contributed by atoms with E-state index in [0.29, 0.717) is 6.42 Å². The second-order valence-electron chi connectivity index (χ2n) is 5.16. The molecule has 1 saturated carbocycles. The second-order valence-corrected chi connectivity index (χ2v) is 6.93. The number of methoxy groups -OCH3 is 1. The molecule has 1 rings (SSSR count). The summed E-state index contributed by atoms with van der Waals surface area (Å²) in [5, 5.41) is 0. The van der Waals surface area contributed by atoms with Gasteiger partial charge in [-0.2, -0.15) is 13.2 Å². The minimum Gasteiger partial charge on any atom is -0.381 e. The van der Waals surface area contributed by atoms with Crippen LogP contribution in [0.25, 0.3) is 0 Å². The Labute approximate surface area is 115 Å². The van der Waals surface area contributed by atoms with E-state index in [1.54, 1.807) is 4.72 Å². The third-order valence-electron chi connectivity index (χ3n) is 3.54. The number of halogens is 3. The summed E-state index contributed by atoms with van der Waals surface area (Å²) in [4.78, 5) is 11.6. The van der Waals surface area contributed by atoms with Gasteiger partial charge in [-0.25, -0.2) is 8.42 Å². The van der Waals surface area contributed by atoms with E-state index >= 15 is 0 Å². The zero-order chi connectivity index (χ0) is 15.6. The van der Waals surface area contributed by atoms with Gasteiger partial charge < -0.3 is 4.74 Å². The zero-order valence-corrected chi connectivity index (χ0v) is 12.1. The van der Waals surface area contributed by atoms with Gasteiger partial charge in [-0.05, 0) is 19.8 Å². The van der Waals surface area contributed by atoms with Crippen molar-refractivity contribution < 1.29 is 31.1 Å². The van der Waals surface area contributed by atoms with E-state index < -0.39 is 45.8 Å². The monoisotopic (exact) mass is 317 g/mol. The van der Waals surface area contributed by atoms with Gasteiger partial charge in [-0.1, -0.05) is 6.42 Å². The SMILES string of the molecule is COC(C)CS(=O)(=O)NC(=O)CC1(C(F)(F)F)CCC1. The Morgan fingerprint density at radius 2 is 1.95 bits per heavy atom. The van der Waals surface area contributed by atoms with E-state index in [9.17, 15) is 26.4 Å². The first-order chi connectivity index (χ1) is 9.01. The summed E-state index contributed by atoms with van der Waals surface area (Å²) in [5.74, 6) is -1.60. The number of amides is 1. The van der Waals surface area contributed by atoms with Gasteiger partial charge in [0.05, 0.1) is 17.3 Å². The molecule has 0 aliphatic heterocycles. The van der Waals surface area contributed by atoms with Gasteiger partial charge in [0.15, 0.2) is 0 Å². The molecule has 1 aliphatic rings. The summed E-state index contributed by atoms with van der Waals surface area (Å²) in [6.45, 7) is 1.48. The largest absolute Gasteiger partial charge is 0.395 e. The molecule has 20 heavy (non-hydrogen) atoms. The van der Waals surface area contributed by atoms with Crippen LogP contribution in [0.3, 0.4) is 0 Å². The first kappa shape index (κ1) is 17.2. The number of carbonyl (C=O) groups excluding carboxylic acids is 1. The lowest BCUT2D eigenvalue weighted by atomic mass is 9.66. The van der Waals surface area contributed by atoms with Crippen molar-refractivity contribution in [1.29, 1.82) is 0 Å². The maximum atomic E-state index is 12.9. The van der Waals surface area contributed by atoms with E-state index in [0.717, 1.165) is 0 Å². The number of carbonyl (C=O) groups is 1. The van der Waals surface area contributed by atoms with Gasteiger partial charge in [0, 0.05) is 13.5 Å². The number of ether oxygens (including phenoxy) is 1. The maximum absolute atomic E-state index is 12.9. The molecule has 1 N–H and O–H groups in total. The van der Waals surface area contributed by atoms with Crippen molar-refractivity contribution in [1.82, 2.24) is 4.72 Å². The summed E-state index contributed by atoms with van der Waals surface area (Å²) >= 11 is 0. The average molecular weight is 317 g/mol. The maximum Gasteiger partial charge on any atom is 0.395 e. The molecule has 9 heteroatoms. The van der Waals surface area contributed by atoms with Crippen LogP contribution in [0, 0.1) is 5.41 Å². The van der Waals surface area contributed by atoms with E-state index in [2.05, 4.69) is 0 Å². The number of hydrogen-bond donors (Lipinski definition) is 1. The molecule has 1 atom stereocenters. The molecule has 0 bridgehead atoms. The molecule has 1 aliphatic carbocycles. The van der Waals surface area contributed by atoms with Crippen molar-refractivity contribution in [3.05, 3.63) is 0 Å². The van der Waals surface area contributed by atoms with E-state index in [1.807, 2.05) is 0 Å². The van der Waals surface area contributed by atoms with Crippen LogP contribution in [-0.2, 0) is 19.6 Å². The Balaban J connectivity index is 2.64. The normalized spacial score (nSPS) is 20.1. The van der Waals surface area contributed by atoms with Crippen molar-refractivity contribution >= 4 is 15.9 Å². The van der Waals surface area contributed by atoms with Crippen molar-refractivity contribution in [2.75, 3.05) is 12.9 Å².